The van der Waals surface area contributed by atoms with Crippen LogP contribution in [0.15, 0.2) is 27.6 Å². The average molecular weight is 306 g/mol. The molecule has 4 nitrogen and oxygen atoms in total. The summed E-state index contributed by atoms with van der Waals surface area (Å²) in [6.45, 7) is 2.48. The molecule has 0 bridgehead atoms. The molecular weight excluding hydrogens is 294 g/mol. The maximum atomic E-state index is 11.6. The Kier molecular flexibility index (Phi) is 5.27. The number of methoxy groups -OCH3 is 1. The van der Waals surface area contributed by atoms with Gasteiger partial charge >= 0.3 is 5.97 Å². The van der Waals surface area contributed by atoms with Crippen LogP contribution in [0.5, 0.6) is 0 Å². The normalized spacial score (nSPS) is 12.2. The van der Waals surface area contributed by atoms with Crippen LogP contribution in [-0.4, -0.2) is 24.2 Å². The fourth-order valence-corrected chi connectivity index (χ4v) is 2.64. The summed E-state index contributed by atoms with van der Waals surface area (Å²) in [7, 11) is 1.32. The molecule has 0 saturated carbocycles. The number of benzene rings is 1. The lowest BCUT2D eigenvalue weighted by atomic mass is 10.2. The van der Waals surface area contributed by atoms with E-state index in [1.807, 2.05) is 6.92 Å². The summed E-state index contributed by atoms with van der Waals surface area (Å²) in [5.41, 5.74) is 0.416. The van der Waals surface area contributed by atoms with E-state index in [2.05, 4.69) is 25.4 Å². The van der Waals surface area contributed by atoms with Crippen LogP contribution in [-0.2, 0) is 16.1 Å². The van der Waals surface area contributed by atoms with Crippen LogP contribution in [0.3, 0.4) is 0 Å². The fourth-order valence-electron chi connectivity index (χ4n) is 1.10. The zero-order valence-corrected chi connectivity index (χ0v) is 11.4. The smallest absolute Gasteiger partial charge is 0.339 e. The van der Waals surface area contributed by atoms with Gasteiger partial charge in [0.05, 0.1) is 24.0 Å². The summed E-state index contributed by atoms with van der Waals surface area (Å²) >= 11 is 2.00. The predicted octanol–water partition coefficient (Wildman–Crippen LogP) is 1.87. The van der Waals surface area contributed by atoms with Crippen molar-refractivity contribution in [1.29, 1.82) is 0 Å². The molecule has 0 aromatic heterocycles. The van der Waals surface area contributed by atoms with Crippen molar-refractivity contribution in [3.05, 3.63) is 28.2 Å². The predicted molar refractivity (Wildman–Crippen MR) is 65.6 cm³/mol. The number of carbonyl (C=O) groups excluding carboxylic acids is 1. The Balaban J connectivity index is 2.94. The standard InChI is InChI=1S/C10H12BrNO3S/c1-3-12-16(14)7-4-5-8(9(11)6-7)10(13)15-2/h4-6,12H,3H2,1-2H3. The van der Waals surface area contributed by atoms with Gasteiger partial charge in [-0.1, -0.05) is 0 Å². The van der Waals surface area contributed by atoms with E-state index in [1.54, 1.807) is 18.2 Å². The number of ether oxygens (including phenoxy) is 1. The van der Waals surface area contributed by atoms with E-state index in [0.717, 1.165) is 0 Å². The summed E-state index contributed by atoms with van der Waals surface area (Å²) < 4.78 is 19.6. The lowest BCUT2D eigenvalue weighted by molar-refractivity contribution is 0.0599. The molecule has 16 heavy (non-hydrogen) atoms. The SMILES string of the molecule is CCN[S+]([O-])c1ccc(C(=O)OC)c(Br)c1. The molecule has 0 saturated heterocycles. The molecule has 0 heterocycles. The highest BCUT2D eigenvalue weighted by Gasteiger charge is 2.15. The van der Waals surface area contributed by atoms with Gasteiger partial charge in [0.2, 0.25) is 0 Å². The zero-order chi connectivity index (χ0) is 12.1. The van der Waals surface area contributed by atoms with E-state index in [4.69, 9.17) is 0 Å². The van der Waals surface area contributed by atoms with Crippen LogP contribution >= 0.6 is 15.9 Å². The van der Waals surface area contributed by atoms with Crippen LogP contribution in [0.2, 0.25) is 0 Å². The third kappa shape index (κ3) is 3.21. The minimum atomic E-state index is -1.25. The molecule has 6 heteroatoms. The first-order valence-electron chi connectivity index (χ1n) is 4.63. The average Bonchev–Trinajstić information content (AvgIpc) is 2.28. The second-order valence-electron chi connectivity index (χ2n) is 2.90. The third-order valence-corrected chi connectivity index (χ3v) is 3.72. The summed E-state index contributed by atoms with van der Waals surface area (Å²) in [5, 5.41) is 0. The molecule has 0 aliphatic rings. The Labute approximate surface area is 106 Å². The van der Waals surface area contributed by atoms with E-state index in [0.29, 0.717) is 21.5 Å². The van der Waals surface area contributed by atoms with Crippen LogP contribution in [0.4, 0.5) is 0 Å². The van der Waals surface area contributed by atoms with Gasteiger partial charge in [0.15, 0.2) is 4.90 Å². The lowest BCUT2D eigenvalue weighted by Gasteiger charge is -2.10. The Bertz CT molecular complexity index is 386. The highest BCUT2D eigenvalue weighted by molar-refractivity contribution is 9.10. The highest BCUT2D eigenvalue weighted by atomic mass is 79.9. The van der Waals surface area contributed by atoms with Gasteiger partial charge in [-0.25, -0.2) is 4.79 Å². The van der Waals surface area contributed by atoms with Gasteiger partial charge < -0.3 is 9.29 Å². The number of carbonyl (C=O) groups is 1. The quantitative estimate of drug-likeness (QED) is 0.681. The van der Waals surface area contributed by atoms with E-state index >= 15 is 0 Å². The molecule has 0 radical (unpaired) electrons. The Morgan fingerprint density at radius 2 is 2.31 bits per heavy atom. The Morgan fingerprint density at radius 3 is 2.81 bits per heavy atom. The molecule has 1 aromatic rings. The van der Waals surface area contributed by atoms with Crippen LogP contribution in [0.25, 0.3) is 0 Å². The van der Waals surface area contributed by atoms with Gasteiger partial charge in [0, 0.05) is 17.1 Å². The first-order chi connectivity index (χ1) is 7.60. The molecule has 1 atom stereocenters. The number of esters is 1. The lowest BCUT2D eigenvalue weighted by Crippen LogP contribution is -2.23. The van der Waals surface area contributed by atoms with Crippen molar-refractivity contribution in [2.75, 3.05) is 13.7 Å². The maximum absolute atomic E-state index is 11.6. The summed E-state index contributed by atoms with van der Waals surface area (Å²) in [4.78, 5) is 11.9. The highest BCUT2D eigenvalue weighted by Crippen LogP contribution is 2.21. The van der Waals surface area contributed by atoms with Crippen molar-refractivity contribution in [3.8, 4) is 0 Å². The van der Waals surface area contributed by atoms with Gasteiger partial charge in [-0.2, -0.15) is 0 Å². The topological polar surface area (TPSA) is 61.4 Å². The van der Waals surface area contributed by atoms with Gasteiger partial charge in [-0.05, 0) is 35.0 Å². The van der Waals surface area contributed by atoms with Crippen LogP contribution in [0, 0.1) is 0 Å². The second-order valence-corrected chi connectivity index (χ2v) is 5.05. The molecule has 0 amide bonds. The molecule has 1 unspecified atom stereocenters. The molecule has 0 spiro atoms. The van der Waals surface area contributed by atoms with Crippen molar-refractivity contribution < 1.29 is 14.1 Å². The Hall–Kier alpha value is -0.560. The number of nitrogens with one attached hydrogen (secondary N) is 1. The largest absolute Gasteiger partial charge is 0.593 e. The fraction of sp³-hybridized carbons (Fsp3) is 0.300. The molecule has 1 rings (SSSR count). The third-order valence-electron chi connectivity index (χ3n) is 1.84. The number of rotatable bonds is 4. The molecule has 88 valence electrons. The van der Waals surface area contributed by atoms with Gasteiger partial charge in [-0.3, -0.25) is 0 Å². The van der Waals surface area contributed by atoms with Gasteiger partial charge in [0.25, 0.3) is 0 Å². The second kappa shape index (κ2) is 6.24. The van der Waals surface area contributed by atoms with Crippen molar-refractivity contribution in [2.45, 2.75) is 11.8 Å². The van der Waals surface area contributed by atoms with Gasteiger partial charge in [-0.15, -0.1) is 4.72 Å². The molecule has 1 N–H and O–H groups in total. The van der Waals surface area contributed by atoms with Crippen molar-refractivity contribution >= 4 is 33.3 Å². The van der Waals surface area contributed by atoms with E-state index in [9.17, 15) is 9.35 Å². The Morgan fingerprint density at radius 1 is 1.62 bits per heavy atom. The molecule has 0 aliphatic heterocycles. The first kappa shape index (κ1) is 13.5. The monoisotopic (exact) mass is 305 g/mol. The molecule has 0 aliphatic carbocycles. The summed E-state index contributed by atoms with van der Waals surface area (Å²) in [6, 6.07) is 4.86. The van der Waals surface area contributed by atoms with Crippen molar-refractivity contribution in [3.63, 3.8) is 0 Å². The summed E-state index contributed by atoms with van der Waals surface area (Å²) in [6.07, 6.45) is 0. The van der Waals surface area contributed by atoms with E-state index < -0.39 is 17.3 Å². The minimum Gasteiger partial charge on any atom is -0.593 e. The van der Waals surface area contributed by atoms with Crippen LogP contribution in [0.1, 0.15) is 17.3 Å². The molecular formula is C10H12BrNO3S. The van der Waals surface area contributed by atoms with Crippen molar-refractivity contribution in [1.82, 2.24) is 4.72 Å². The minimum absolute atomic E-state index is 0.416. The number of hydrogen-bond donors (Lipinski definition) is 1. The number of halogens is 1. The summed E-state index contributed by atoms with van der Waals surface area (Å²) in [5.74, 6) is -0.423. The van der Waals surface area contributed by atoms with E-state index in [1.165, 1.54) is 7.11 Å². The number of hydrogen-bond acceptors (Lipinski definition) is 4. The molecule has 1 aromatic carbocycles. The maximum Gasteiger partial charge on any atom is 0.339 e. The van der Waals surface area contributed by atoms with E-state index in [-0.39, 0.29) is 0 Å². The first-order valence-corrected chi connectivity index (χ1v) is 6.57. The zero-order valence-electron chi connectivity index (χ0n) is 8.95. The van der Waals surface area contributed by atoms with Gasteiger partial charge in [0.1, 0.15) is 0 Å². The molecule has 0 fully saturated rings. The van der Waals surface area contributed by atoms with Crippen molar-refractivity contribution in [2.24, 2.45) is 0 Å². The van der Waals surface area contributed by atoms with Crippen LogP contribution < -0.4 is 4.72 Å².